The smallest absolute Gasteiger partial charge is 0.169 e. The third kappa shape index (κ3) is 2.94. The minimum absolute atomic E-state index is 0.0739. The molecule has 0 aliphatic carbocycles. The van der Waals surface area contributed by atoms with Crippen molar-refractivity contribution in [3.8, 4) is 0 Å². The van der Waals surface area contributed by atoms with E-state index in [1.165, 1.54) is 38.9 Å². The van der Waals surface area contributed by atoms with Gasteiger partial charge in [-0.3, -0.25) is 9.80 Å². The summed E-state index contributed by atoms with van der Waals surface area (Å²) in [5.74, 6) is 0. The Morgan fingerprint density at radius 1 is 1.12 bits per heavy atom. The highest BCUT2D eigenvalue weighted by Crippen LogP contribution is 2.21. The SMILES string of the molecule is COC(CN1CCN2CCCCC2C1)OC. The van der Waals surface area contributed by atoms with E-state index in [4.69, 9.17) is 9.47 Å². The maximum absolute atomic E-state index is 5.26. The van der Waals surface area contributed by atoms with Crippen LogP contribution >= 0.6 is 0 Å². The van der Waals surface area contributed by atoms with E-state index in [9.17, 15) is 0 Å². The van der Waals surface area contributed by atoms with Crippen LogP contribution in [0.15, 0.2) is 0 Å². The molecular weight excluding hydrogens is 204 g/mol. The monoisotopic (exact) mass is 228 g/mol. The molecule has 1 atom stereocenters. The standard InChI is InChI=1S/C12H24N2O2/c1-15-12(16-2)10-13-7-8-14-6-4-3-5-11(14)9-13/h11-12H,3-10H2,1-2H3. The molecule has 4 heteroatoms. The van der Waals surface area contributed by atoms with Gasteiger partial charge in [-0.15, -0.1) is 0 Å². The highest BCUT2D eigenvalue weighted by Gasteiger charge is 2.29. The normalized spacial score (nSPS) is 28.3. The first-order valence-electron chi connectivity index (χ1n) is 6.35. The number of ether oxygens (including phenoxy) is 2. The van der Waals surface area contributed by atoms with Crippen LogP contribution in [0.5, 0.6) is 0 Å². The second kappa shape index (κ2) is 5.96. The van der Waals surface area contributed by atoms with Gasteiger partial charge in [-0.2, -0.15) is 0 Å². The molecule has 2 aliphatic rings. The summed E-state index contributed by atoms with van der Waals surface area (Å²) in [4.78, 5) is 5.12. The lowest BCUT2D eigenvalue weighted by Crippen LogP contribution is -2.56. The van der Waals surface area contributed by atoms with Crippen LogP contribution in [-0.4, -0.2) is 69.1 Å². The Morgan fingerprint density at radius 3 is 2.69 bits per heavy atom. The Bertz CT molecular complexity index is 209. The topological polar surface area (TPSA) is 24.9 Å². The molecule has 16 heavy (non-hydrogen) atoms. The number of nitrogens with zero attached hydrogens (tertiary/aromatic N) is 2. The van der Waals surface area contributed by atoms with Crippen molar-refractivity contribution in [2.24, 2.45) is 0 Å². The van der Waals surface area contributed by atoms with Crippen molar-refractivity contribution in [2.45, 2.75) is 31.6 Å². The van der Waals surface area contributed by atoms with Crippen molar-refractivity contribution in [2.75, 3.05) is 46.9 Å². The fraction of sp³-hybridized carbons (Fsp3) is 1.00. The van der Waals surface area contributed by atoms with Crippen LogP contribution in [0, 0.1) is 0 Å². The van der Waals surface area contributed by atoms with E-state index in [1.54, 1.807) is 14.2 Å². The minimum atomic E-state index is -0.0739. The van der Waals surface area contributed by atoms with Crippen molar-refractivity contribution in [3.05, 3.63) is 0 Å². The van der Waals surface area contributed by atoms with Gasteiger partial charge < -0.3 is 9.47 Å². The maximum Gasteiger partial charge on any atom is 0.169 e. The Balaban J connectivity index is 1.80. The van der Waals surface area contributed by atoms with Crippen LogP contribution < -0.4 is 0 Å². The quantitative estimate of drug-likeness (QED) is 0.664. The zero-order valence-corrected chi connectivity index (χ0v) is 10.5. The molecule has 2 rings (SSSR count). The van der Waals surface area contributed by atoms with E-state index < -0.39 is 0 Å². The van der Waals surface area contributed by atoms with Gasteiger partial charge >= 0.3 is 0 Å². The molecule has 2 saturated heterocycles. The molecule has 0 aromatic rings. The number of piperidine rings is 1. The summed E-state index contributed by atoms with van der Waals surface area (Å²) >= 11 is 0. The molecular formula is C12H24N2O2. The molecule has 0 aromatic carbocycles. The first-order chi connectivity index (χ1) is 7.83. The summed E-state index contributed by atoms with van der Waals surface area (Å²) in [5.41, 5.74) is 0. The van der Waals surface area contributed by atoms with E-state index in [2.05, 4.69) is 9.80 Å². The van der Waals surface area contributed by atoms with Gasteiger partial charge in [-0.25, -0.2) is 0 Å². The fourth-order valence-electron chi connectivity index (χ4n) is 2.84. The summed E-state index contributed by atoms with van der Waals surface area (Å²) in [7, 11) is 3.43. The predicted octanol–water partition coefficient (Wildman–Crippen LogP) is 0.775. The van der Waals surface area contributed by atoms with Crippen LogP contribution in [-0.2, 0) is 9.47 Å². The summed E-state index contributed by atoms with van der Waals surface area (Å²) in [6.07, 6.45) is 4.07. The van der Waals surface area contributed by atoms with Crippen LogP contribution in [0.4, 0.5) is 0 Å². The maximum atomic E-state index is 5.26. The van der Waals surface area contributed by atoms with Gasteiger partial charge in [0, 0.05) is 46.4 Å². The lowest BCUT2D eigenvalue weighted by atomic mass is 9.99. The number of piperazine rings is 1. The van der Waals surface area contributed by atoms with Crippen LogP contribution in [0.1, 0.15) is 19.3 Å². The van der Waals surface area contributed by atoms with Crippen molar-refractivity contribution in [1.29, 1.82) is 0 Å². The average Bonchev–Trinajstić information content (AvgIpc) is 2.35. The van der Waals surface area contributed by atoms with Gasteiger partial charge in [-0.05, 0) is 19.4 Å². The zero-order chi connectivity index (χ0) is 11.4. The first-order valence-corrected chi connectivity index (χ1v) is 6.35. The number of fused-ring (bicyclic) bond motifs is 1. The minimum Gasteiger partial charge on any atom is -0.355 e. The molecule has 0 spiro atoms. The zero-order valence-electron chi connectivity index (χ0n) is 10.5. The number of hydrogen-bond acceptors (Lipinski definition) is 4. The molecule has 0 amide bonds. The molecule has 4 nitrogen and oxygen atoms in total. The average molecular weight is 228 g/mol. The Morgan fingerprint density at radius 2 is 1.94 bits per heavy atom. The number of methoxy groups -OCH3 is 2. The fourth-order valence-corrected chi connectivity index (χ4v) is 2.84. The van der Waals surface area contributed by atoms with Gasteiger partial charge in [0.2, 0.25) is 0 Å². The van der Waals surface area contributed by atoms with E-state index in [1.807, 2.05) is 0 Å². The van der Waals surface area contributed by atoms with Crippen molar-refractivity contribution in [3.63, 3.8) is 0 Å². The third-order valence-electron chi connectivity index (χ3n) is 3.85. The molecule has 1 unspecified atom stereocenters. The summed E-state index contributed by atoms with van der Waals surface area (Å²) in [5, 5.41) is 0. The van der Waals surface area contributed by atoms with E-state index >= 15 is 0 Å². The first kappa shape index (κ1) is 12.3. The number of rotatable bonds is 4. The molecule has 0 aromatic heterocycles. The largest absolute Gasteiger partial charge is 0.355 e. The summed E-state index contributed by atoms with van der Waals surface area (Å²) in [6.45, 7) is 5.75. The van der Waals surface area contributed by atoms with Gasteiger partial charge in [-0.1, -0.05) is 6.42 Å². The Labute approximate surface area is 98.5 Å². The summed E-state index contributed by atoms with van der Waals surface area (Å²) < 4.78 is 10.5. The lowest BCUT2D eigenvalue weighted by molar-refractivity contribution is -0.122. The second-order valence-electron chi connectivity index (χ2n) is 4.85. The second-order valence-corrected chi connectivity index (χ2v) is 4.85. The highest BCUT2D eigenvalue weighted by atomic mass is 16.7. The van der Waals surface area contributed by atoms with Gasteiger partial charge in [0.05, 0.1) is 0 Å². The molecule has 0 saturated carbocycles. The molecule has 0 N–H and O–H groups in total. The van der Waals surface area contributed by atoms with Gasteiger partial charge in [0.1, 0.15) is 0 Å². The molecule has 0 radical (unpaired) electrons. The van der Waals surface area contributed by atoms with E-state index in [0.29, 0.717) is 0 Å². The summed E-state index contributed by atoms with van der Waals surface area (Å²) in [6, 6.07) is 0.775. The highest BCUT2D eigenvalue weighted by molar-refractivity contribution is 4.85. The molecule has 2 fully saturated rings. The van der Waals surface area contributed by atoms with Crippen LogP contribution in [0.3, 0.4) is 0 Å². The van der Waals surface area contributed by atoms with Crippen LogP contribution in [0.25, 0.3) is 0 Å². The van der Waals surface area contributed by atoms with E-state index in [-0.39, 0.29) is 6.29 Å². The molecule has 2 heterocycles. The van der Waals surface area contributed by atoms with E-state index in [0.717, 1.165) is 19.1 Å². The van der Waals surface area contributed by atoms with Crippen molar-refractivity contribution < 1.29 is 9.47 Å². The Hall–Kier alpha value is -0.160. The van der Waals surface area contributed by atoms with Crippen molar-refractivity contribution >= 4 is 0 Å². The number of hydrogen-bond donors (Lipinski definition) is 0. The molecule has 0 bridgehead atoms. The lowest BCUT2D eigenvalue weighted by Gasteiger charge is -2.44. The van der Waals surface area contributed by atoms with Crippen molar-refractivity contribution in [1.82, 2.24) is 9.80 Å². The van der Waals surface area contributed by atoms with Gasteiger partial charge in [0.25, 0.3) is 0 Å². The third-order valence-corrected chi connectivity index (χ3v) is 3.85. The van der Waals surface area contributed by atoms with Gasteiger partial charge in [0.15, 0.2) is 6.29 Å². The van der Waals surface area contributed by atoms with Crippen LogP contribution in [0.2, 0.25) is 0 Å². The Kier molecular flexibility index (Phi) is 4.58. The molecule has 2 aliphatic heterocycles. The molecule has 94 valence electrons. The predicted molar refractivity (Wildman–Crippen MR) is 63.5 cm³/mol.